The molecule has 2 N–H and O–H groups in total. The molecule has 1 unspecified atom stereocenters. The van der Waals surface area contributed by atoms with Gasteiger partial charge in [0, 0.05) is 6.20 Å². The number of carbonyl (C=O) groups excluding carboxylic acids is 2. The van der Waals surface area contributed by atoms with E-state index in [0.29, 0.717) is 51.9 Å². The Hall–Kier alpha value is -4.66. The van der Waals surface area contributed by atoms with Crippen molar-refractivity contribution in [2.24, 2.45) is 5.73 Å². The van der Waals surface area contributed by atoms with Crippen LogP contribution >= 0.6 is 11.3 Å². The molecule has 0 spiro atoms. The van der Waals surface area contributed by atoms with E-state index in [-0.39, 0.29) is 24.1 Å². The van der Waals surface area contributed by atoms with Crippen molar-refractivity contribution in [3.63, 3.8) is 0 Å². The maximum absolute atomic E-state index is 14.4. The Balaban J connectivity index is 1.49. The molecule has 196 valence electrons. The van der Waals surface area contributed by atoms with Gasteiger partial charge in [0.1, 0.15) is 21.2 Å². The number of hydrogen-bond donors (Lipinski definition) is 1. The van der Waals surface area contributed by atoms with Crippen molar-refractivity contribution in [1.82, 2.24) is 9.88 Å². The Morgan fingerprint density at radius 3 is 2.74 bits per heavy atom. The van der Waals surface area contributed by atoms with Crippen LogP contribution in [0.3, 0.4) is 0 Å². The Morgan fingerprint density at radius 1 is 1.18 bits per heavy atom. The predicted octanol–water partition coefficient (Wildman–Crippen LogP) is 4.76. The van der Waals surface area contributed by atoms with Crippen LogP contribution in [0, 0.1) is 18.4 Å². The Morgan fingerprint density at radius 2 is 2.00 bits per heavy atom. The van der Waals surface area contributed by atoms with Crippen LogP contribution in [0.5, 0.6) is 11.5 Å². The lowest BCUT2D eigenvalue weighted by molar-refractivity contribution is 0.100. The summed E-state index contributed by atoms with van der Waals surface area (Å²) in [4.78, 5) is 37.0. The first kappa shape index (κ1) is 24.7. The third-order valence-corrected chi connectivity index (χ3v) is 7.89. The van der Waals surface area contributed by atoms with E-state index < -0.39 is 11.9 Å². The Kier molecular flexibility index (Phi) is 6.26. The standard InChI is InChI=1S/C28H24N6O4S/c1-17-13-20(38-19-5-3-2-4-6-19)7-8-21(17)34-22-9-10-31-27-23(22)24(25(39-27)26(30)35)33(28(34)36)18-14-32(16-29)11-12-37-15-18/h2-10,13,18H,11-12,14-15H2,1H3,(H2,30,35). The minimum absolute atomic E-state index is 0.200. The summed E-state index contributed by atoms with van der Waals surface area (Å²) in [7, 11) is 0. The van der Waals surface area contributed by atoms with E-state index >= 15 is 0 Å². The second-order valence-corrected chi connectivity index (χ2v) is 10.3. The smallest absolute Gasteiger partial charge is 0.334 e. The number of amides is 3. The SMILES string of the molecule is Cc1cc(Oc2ccccc2)ccc1N1C(=O)N(C2COCCN(C#N)C2)c2c(C(N)=O)sc3nccc1c23. The average Bonchev–Trinajstić information content (AvgIpc) is 3.16. The van der Waals surface area contributed by atoms with E-state index in [1.54, 1.807) is 27.0 Å². The van der Waals surface area contributed by atoms with Crippen LogP contribution < -0.4 is 20.3 Å². The van der Waals surface area contributed by atoms with Gasteiger partial charge >= 0.3 is 6.03 Å². The van der Waals surface area contributed by atoms with Crippen molar-refractivity contribution in [1.29, 1.82) is 5.26 Å². The highest BCUT2D eigenvalue weighted by atomic mass is 32.1. The van der Waals surface area contributed by atoms with Crippen LogP contribution in [-0.4, -0.2) is 54.2 Å². The van der Waals surface area contributed by atoms with Gasteiger partial charge in [0.15, 0.2) is 6.19 Å². The highest BCUT2D eigenvalue weighted by molar-refractivity contribution is 7.21. The first-order valence-electron chi connectivity index (χ1n) is 12.4. The topological polar surface area (TPSA) is 125 Å². The normalized spacial score (nSPS) is 17.2. The van der Waals surface area contributed by atoms with Gasteiger partial charge in [0.05, 0.1) is 54.8 Å². The summed E-state index contributed by atoms with van der Waals surface area (Å²) in [6.07, 6.45) is 3.79. The fraction of sp³-hybridized carbons (Fsp3) is 0.214. The highest BCUT2D eigenvalue weighted by Gasteiger charge is 2.42. The number of para-hydroxylation sites is 1. The van der Waals surface area contributed by atoms with Crippen molar-refractivity contribution in [2.45, 2.75) is 13.0 Å². The van der Waals surface area contributed by atoms with E-state index in [4.69, 9.17) is 15.2 Å². The zero-order chi connectivity index (χ0) is 27.1. The number of anilines is 3. The molecule has 4 heterocycles. The number of carbonyl (C=O) groups is 2. The molecular formula is C28H24N6O4S. The summed E-state index contributed by atoms with van der Waals surface area (Å²) in [6.45, 7) is 3.14. The zero-order valence-corrected chi connectivity index (χ0v) is 21.9. The fourth-order valence-electron chi connectivity index (χ4n) is 5.06. The molecule has 10 nitrogen and oxygen atoms in total. The van der Waals surface area contributed by atoms with Crippen LogP contribution in [0.4, 0.5) is 21.9 Å². The first-order chi connectivity index (χ1) is 19.0. The molecule has 4 aromatic rings. The number of aryl methyl sites for hydroxylation is 1. The average molecular weight is 541 g/mol. The minimum Gasteiger partial charge on any atom is -0.457 e. The highest BCUT2D eigenvalue weighted by Crippen LogP contribution is 2.49. The molecule has 0 saturated carbocycles. The van der Waals surface area contributed by atoms with Gasteiger partial charge in [0.25, 0.3) is 5.91 Å². The van der Waals surface area contributed by atoms with Gasteiger partial charge in [0.2, 0.25) is 0 Å². The molecule has 0 aliphatic carbocycles. The van der Waals surface area contributed by atoms with Gasteiger partial charge in [-0.1, -0.05) is 18.2 Å². The molecule has 11 heteroatoms. The summed E-state index contributed by atoms with van der Waals surface area (Å²) in [6, 6.07) is 15.8. The summed E-state index contributed by atoms with van der Waals surface area (Å²) >= 11 is 1.15. The monoisotopic (exact) mass is 540 g/mol. The van der Waals surface area contributed by atoms with Crippen LogP contribution in [-0.2, 0) is 4.74 Å². The lowest BCUT2D eigenvalue weighted by atomic mass is 10.1. The van der Waals surface area contributed by atoms with E-state index in [9.17, 15) is 14.9 Å². The number of urea groups is 1. The van der Waals surface area contributed by atoms with Crippen molar-refractivity contribution in [3.8, 4) is 17.7 Å². The lowest BCUT2D eigenvalue weighted by Gasteiger charge is -2.40. The molecule has 2 aromatic carbocycles. The number of nitriles is 1. The first-order valence-corrected chi connectivity index (χ1v) is 13.2. The van der Waals surface area contributed by atoms with Crippen molar-refractivity contribution >= 4 is 50.6 Å². The number of thiophene rings is 1. The van der Waals surface area contributed by atoms with Crippen molar-refractivity contribution in [2.75, 3.05) is 36.1 Å². The quantitative estimate of drug-likeness (QED) is 0.362. The second-order valence-electron chi connectivity index (χ2n) is 9.28. The number of aromatic nitrogens is 1. The summed E-state index contributed by atoms with van der Waals surface area (Å²) in [5.74, 6) is 0.700. The van der Waals surface area contributed by atoms with Gasteiger partial charge < -0.3 is 20.1 Å². The van der Waals surface area contributed by atoms with E-state index in [1.165, 1.54) is 0 Å². The van der Waals surface area contributed by atoms with E-state index in [0.717, 1.165) is 16.9 Å². The molecule has 2 aliphatic rings. The van der Waals surface area contributed by atoms with Gasteiger partial charge in [-0.15, -0.1) is 11.3 Å². The third-order valence-electron chi connectivity index (χ3n) is 6.79. The fourth-order valence-corrected chi connectivity index (χ4v) is 6.07. The second kappa shape index (κ2) is 9.90. The number of hydrogen-bond acceptors (Lipinski definition) is 8. The number of rotatable bonds is 5. The van der Waals surface area contributed by atoms with Crippen LogP contribution in [0.2, 0.25) is 0 Å². The molecule has 2 aliphatic heterocycles. The number of nitrogens with zero attached hydrogens (tertiary/aromatic N) is 5. The van der Waals surface area contributed by atoms with Gasteiger partial charge in [-0.2, -0.15) is 5.26 Å². The Bertz CT molecular complexity index is 1630. The molecule has 0 bridgehead atoms. The van der Waals surface area contributed by atoms with Crippen LogP contribution in [0.1, 0.15) is 15.2 Å². The maximum Gasteiger partial charge on any atom is 0.334 e. The van der Waals surface area contributed by atoms with Crippen molar-refractivity contribution in [3.05, 3.63) is 71.2 Å². The molecule has 1 fully saturated rings. The number of nitrogens with two attached hydrogens (primary N) is 1. The molecule has 1 saturated heterocycles. The van der Waals surface area contributed by atoms with E-state index in [2.05, 4.69) is 11.2 Å². The van der Waals surface area contributed by atoms with Crippen molar-refractivity contribution < 1.29 is 19.1 Å². The molecule has 6 rings (SSSR count). The Labute approximate surface area is 228 Å². The largest absolute Gasteiger partial charge is 0.457 e. The number of benzene rings is 2. The molecule has 1 atom stereocenters. The van der Waals surface area contributed by atoms with Gasteiger partial charge in [-0.25, -0.2) is 9.78 Å². The summed E-state index contributed by atoms with van der Waals surface area (Å²) < 4.78 is 11.8. The molecule has 39 heavy (non-hydrogen) atoms. The third kappa shape index (κ3) is 4.29. The van der Waals surface area contributed by atoms with Gasteiger partial charge in [-0.05, 0) is 48.9 Å². The van der Waals surface area contributed by atoms with E-state index in [1.807, 2.05) is 55.5 Å². The number of pyridine rings is 1. The molecule has 2 aromatic heterocycles. The molecular weight excluding hydrogens is 516 g/mol. The summed E-state index contributed by atoms with van der Waals surface area (Å²) in [5.41, 5.74) is 8.27. The number of primary amides is 1. The van der Waals surface area contributed by atoms with Crippen LogP contribution in [0.15, 0.2) is 60.8 Å². The molecule has 3 amide bonds. The summed E-state index contributed by atoms with van der Waals surface area (Å²) in [5, 5.41) is 10.3. The van der Waals surface area contributed by atoms with Gasteiger partial charge in [-0.3, -0.25) is 14.6 Å². The zero-order valence-electron chi connectivity index (χ0n) is 21.0. The molecule has 0 radical (unpaired) electrons. The van der Waals surface area contributed by atoms with Crippen LogP contribution in [0.25, 0.3) is 10.2 Å². The predicted molar refractivity (Wildman–Crippen MR) is 148 cm³/mol. The number of ether oxygens (including phenoxy) is 2. The minimum atomic E-state index is -0.643. The maximum atomic E-state index is 14.4. The lowest BCUT2D eigenvalue weighted by Crippen LogP contribution is -2.54.